The second-order valence-electron chi connectivity index (χ2n) is 5.48. The highest BCUT2D eigenvalue weighted by Crippen LogP contribution is 2.41. The van der Waals surface area contributed by atoms with Crippen molar-refractivity contribution in [3.63, 3.8) is 0 Å². The molecule has 1 N–H and O–H groups in total. The molecule has 0 unspecified atom stereocenters. The summed E-state index contributed by atoms with van der Waals surface area (Å²) in [6.07, 6.45) is 4.73. The van der Waals surface area contributed by atoms with E-state index >= 15 is 0 Å². The molecule has 118 valence electrons. The minimum Gasteiger partial charge on any atom is -0.338 e. The van der Waals surface area contributed by atoms with Gasteiger partial charge in [-0.1, -0.05) is 11.6 Å². The largest absolute Gasteiger partial charge is 0.338 e. The van der Waals surface area contributed by atoms with E-state index in [0.717, 1.165) is 0 Å². The molecule has 8 heteroatoms. The molecule has 3 rings (SSSR count). The van der Waals surface area contributed by atoms with Gasteiger partial charge in [-0.2, -0.15) is 0 Å². The highest BCUT2D eigenvalue weighted by atomic mass is 35.5. The van der Waals surface area contributed by atoms with E-state index < -0.39 is 7.14 Å². The van der Waals surface area contributed by atoms with E-state index in [4.69, 9.17) is 11.6 Å². The first-order valence-corrected chi connectivity index (χ1v) is 9.89. The fraction of sp³-hybridized carbons (Fsp3) is 0.200. The molecule has 2 aromatic heterocycles. The molecule has 23 heavy (non-hydrogen) atoms. The molecule has 0 fully saturated rings. The molecule has 0 saturated heterocycles. The first kappa shape index (κ1) is 15.8. The number of nitrogens with one attached hydrogen (secondary N) is 1. The van der Waals surface area contributed by atoms with Crippen LogP contribution in [-0.4, -0.2) is 33.3 Å². The highest BCUT2D eigenvalue weighted by molar-refractivity contribution is 7.71. The summed E-state index contributed by atoms with van der Waals surface area (Å²) in [4.78, 5) is 17.0. The third-order valence-corrected chi connectivity index (χ3v) is 5.08. The summed E-state index contributed by atoms with van der Waals surface area (Å²) in [6, 6.07) is 3.64. The third kappa shape index (κ3) is 3.19. The molecule has 3 aromatic rings. The Morgan fingerprint density at radius 1 is 1.13 bits per heavy atom. The summed E-state index contributed by atoms with van der Waals surface area (Å²) in [7, 11) is -2.62. The molecule has 6 nitrogen and oxygen atoms in total. The quantitative estimate of drug-likeness (QED) is 0.732. The topological polar surface area (TPSA) is 80.7 Å². The number of halogens is 1. The molecule has 0 amide bonds. The maximum atomic E-state index is 12.8. The lowest BCUT2D eigenvalue weighted by Gasteiger charge is -2.17. The van der Waals surface area contributed by atoms with Crippen molar-refractivity contribution in [3.8, 4) is 0 Å². The lowest BCUT2D eigenvalue weighted by molar-refractivity contribution is 0.588. The first-order valence-electron chi connectivity index (χ1n) is 6.91. The summed E-state index contributed by atoms with van der Waals surface area (Å²) in [5.41, 5.74) is 1.97. The van der Waals surface area contributed by atoms with Crippen LogP contribution in [0.3, 0.4) is 0 Å². The molecule has 0 atom stereocenters. The van der Waals surface area contributed by atoms with E-state index in [1.54, 1.807) is 32.6 Å². The van der Waals surface area contributed by atoms with Gasteiger partial charge in [-0.15, -0.1) is 0 Å². The zero-order valence-corrected chi connectivity index (χ0v) is 14.6. The van der Waals surface area contributed by atoms with Crippen LogP contribution >= 0.6 is 18.7 Å². The number of benzene rings is 1. The van der Waals surface area contributed by atoms with Crippen LogP contribution in [0.2, 0.25) is 5.02 Å². The number of aromatic nitrogens is 4. The smallest absolute Gasteiger partial charge is 0.152 e. The Balaban J connectivity index is 2.21. The van der Waals surface area contributed by atoms with Crippen LogP contribution in [0.1, 0.15) is 5.82 Å². The van der Waals surface area contributed by atoms with Crippen molar-refractivity contribution in [2.75, 3.05) is 18.6 Å². The van der Waals surface area contributed by atoms with Gasteiger partial charge in [0.25, 0.3) is 0 Å². The first-order chi connectivity index (χ1) is 10.9. The Kier molecular flexibility index (Phi) is 4.04. The van der Waals surface area contributed by atoms with Crippen LogP contribution in [0, 0.1) is 6.92 Å². The van der Waals surface area contributed by atoms with E-state index in [2.05, 4.69) is 25.3 Å². The van der Waals surface area contributed by atoms with Gasteiger partial charge in [0.2, 0.25) is 0 Å². The van der Waals surface area contributed by atoms with Gasteiger partial charge in [0.1, 0.15) is 23.5 Å². The Morgan fingerprint density at radius 2 is 1.87 bits per heavy atom. The molecule has 1 aromatic carbocycles. The molecule has 0 bridgehead atoms. The van der Waals surface area contributed by atoms with Crippen molar-refractivity contribution in [2.45, 2.75) is 6.92 Å². The number of anilines is 2. The van der Waals surface area contributed by atoms with Gasteiger partial charge in [0.05, 0.1) is 22.7 Å². The second kappa shape index (κ2) is 5.87. The van der Waals surface area contributed by atoms with Crippen molar-refractivity contribution in [2.24, 2.45) is 0 Å². The van der Waals surface area contributed by atoms with Gasteiger partial charge in [0.15, 0.2) is 5.82 Å². The number of rotatable bonds is 3. The number of fused-ring (bicyclic) bond motifs is 1. The maximum absolute atomic E-state index is 12.8. The predicted molar refractivity (Wildman–Crippen MR) is 93.7 cm³/mol. The lowest BCUT2D eigenvalue weighted by atomic mass is 10.2. The summed E-state index contributed by atoms with van der Waals surface area (Å²) < 4.78 is 12.8. The van der Waals surface area contributed by atoms with E-state index in [1.165, 1.54) is 6.20 Å². The predicted octanol–water partition coefficient (Wildman–Crippen LogP) is 3.37. The molecular weight excluding hydrogens is 333 g/mol. The molecule has 0 saturated carbocycles. The number of hydrogen-bond acceptors (Lipinski definition) is 6. The molecule has 2 heterocycles. The normalized spacial score (nSPS) is 11.7. The van der Waals surface area contributed by atoms with Gasteiger partial charge in [0, 0.05) is 12.4 Å². The highest BCUT2D eigenvalue weighted by Gasteiger charge is 2.22. The SMILES string of the molecule is Cc1ncc(Cl)c(Nc2ccc3nccnc3c2P(C)(C)=O)n1. The van der Waals surface area contributed by atoms with E-state index in [1.807, 2.05) is 12.1 Å². The van der Waals surface area contributed by atoms with Gasteiger partial charge in [-0.25, -0.2) is 9.97 Å². The Labute approximate surface area is 138 Å². The standard InChI is InChI=1S/C15H15ClN5OP/c1-9-19-8-10(16)15(20-9)21-12-5-4-11-13(18-7-6-17-11)14(12)23(2,3)22/h4-8H,1-3H3,(H,19,20,21). The molecule has 0 aliphatic heterocycles. The summed E-state index contributed by atoms with van der Waals surface area (Å²) in [6.45, 7) is 5.18. The minimum atomic E-state index is -2.62. The van der Waals surface area contributed by atoms with Crippen molar-refractivity contribution in [1.82, 2.24) is 19.9 Å². The molecule has 0 aliphatic rings. The average Bonchev–Trinajstić information content (AvgIpc) is 2.49. The van der Waals surface area contributed by atoms with Crippen LogP contribution in [0.15, 0.2) is 30.7 Å². The Bertz CT molecular complexity index is 940. The maximum Gasteiger partial charge on any atom is 0.152 e. The molecular formula is C15H15ClN5OP. The van der Waals surface area contributed by atoms with E-state index in [-0.39, 0.29) is 0 Å². The zero-order valence-electron chi connectivity index (χ0n) is 12.9. The number of hydrogen-bond donors (Lipinski definition) is 1. The summed E-state index contributed by atoms with van der Waals surface area (Å²) in [5.74, 6) is 1.06. The van der Waals surface area contributed by atoms with Gasteiger partial charge in [-0.05, 0) is 32.4 Å². The monoisotopic (exact) mass is 347 g/mol. The summed E-state index contributed by atoms with van der Waals surface area (Å²) in [5, 5.41) is 4.18. The molecule has 0 aliphatic carbocycles. The number of aryl methyl sites for hydroxylation is 1. The average molecular weight is 348 g/mol. The van der Waals surface area contributed by atoms with Crippen LogP contribution in [-0.2, 0) is 4.57 Å². The Morgan fingerprint density at radius 3 is 2.61 bits per heavy atom. The van der Waals surface area contributed by atoms with Crippen LogP contribution < -0.4 is 10.6 Å². The molecule has 0 spiro atoms. The van der Waals surface area contributed by atoms with Crippen LogP contribution in [0.5, 0.6) is 0 Å². The lowest BCUT2D eigenvalue weighted by Crippen LogP contribution is -2.13. The van der Waals surface area contributed by atoms with Crippen molar-refractivity contribution in [3.05, 3.63) is 41.6 Å². The molecule has 0 radical (unpaired) electrons. The zero-order chi connectivity index (χ0) is 16.6. The second-order valence-corrected chi connectivity index (χ2v) is 9.03. The van der Waals surface area contributed by atoms with E-state index in [9.17, 15) is 4.57 Å². The summed E-state index contributed by atoms with van der Waals surface area (Å²) >= 11 is 6.15. The minimum absolute atomic E-state index is 0.392. The van der Waals surface area contributed by atoms with Crippen LogP contribution in [0.4, 0.5) is 11.5 Å². The van der Waals surface area contributed by atoms with E-state index in [0.29, 0.717) is 38.7 Å². The van der Waals surface area contributed by atoms with Crippen LogP contribution in [0.25, 0.3) is 11.0 Å². The number of nitrogens with zero attached hydrogens (tertiary/aromatic N) is 4. The third-order valence-electron chi connectivity index (χ3n) is 3.27. The fourth-order valence-corrected chi connectivity index (χ4v) is 3.87. The van der Waals surface area contributed by atoms with Crippen molar-refractivity contribution in [1.29, 1.82) is 0 Å². The van der Waals surface area contributed by atoms with Gasteiger partial charge < -0.3 is 9.88 Å². The Hall–Kier alpha value is -2.04. The van der Waals surface area contributed by atoms with Crippen molar-refractivity contribution >= 4 is 46.6 Å². The van der Waals surface area contributed by atoms with Crippen molar-refractivity contribution < 1.29 is 4.57 Å². The fourth-order valence-electron chi connectivity index (χ4n) is 2.34. The van der Waals surface area contributed by atoms with Gasteiger partial charge >= 0.3 is 0 Å². The van der Waals surface area contributed by atoms with Gasteiger partial charge in [-0.3, -0.25) is 9.97 Å².